The van der Waals surface area contributed by atoms with Crippen LogP contribution in [-0.4, -0.2) is 17.6 Å². The van der Waals surface area contributed by atoms with E-state index in [0.29, 0.717) is 17.9 Å². The number of rotatable bonds is 3. The Kier molecular flexibility index (Phi) is 3.88. The number of ether oxygens (including phenoxy) is 1. The van der Waals surface area contributed by atoms with E-state index in [1.54, 1.807) is 6.07 Å². The third-order valence-corrected chi connectivity index (χ3v) is 2.08. The predicted molar refractivity (Wildman–Crippen MR) is 63.0 cm³/mol. The van der Waals surface area contributed by atoms with Gasteiger partial charge < -0.3 is 10.5 Å². The molecule has 0 fully saturated rings. The molecule has 0 aliphatic heterocycles. The Hall–Kier alpha value is -1.58. The highest BCUT2D eigenvalue weighted by Gasteiger charge is 2.12. The summed E-state index contributed by atoms with van der Waals surface area (Å²) in [7, 11) is 0. The molecule has 1 aromatic rings. The molecule has 4 nitrogen and oxygen atoms in total. The van der Waals surface area contributed by atoms with Gasteiger partial charge in [-0.3, -0.25) is 4.98 Å². The summed E-state index contributed by atoms with van der Waals surface area (Å²) in [6.45, 7) is 6.71. The molecule has 0 bridgehead atoms. The van der Waals surface area contributed by atoms with Gasteiger partial charge in [0.1, 0.15) is 0 Å². The molecule has 0 spiro atoms. The standard InChI is InChI=1S/C12H18N2O2/c1-12(2,3)4-5-16-11(15)9-6-10(13)8-14-7-9/h6-8H,4-5,13H2,1-3H3. The number of hydrogen-bond donors (Lipinski definition) is 1. The number of hydrogen-bond acceptors (Lipinski definition) is 4. The largest absolute Gasteiger partial charge is 0.462 e. The molecule has 1 aromatic heterocycles. The van der Waals surface area contributed by atoms with Gasteiger partial charge in [-0.2, -0.15) is 0 Å². The minimum Gasteiger partial charge on any atom is -0.462 e. The van der Waals surface area contributed by atoms with Gasteiger partial charge in [-0.25, -0.2) is 4.79 Å². The number of nitrogens with zero attached hydrogens (tertiary/aromatic N) is 1. The molecule has 2 N–H and O–H groups in total. The quantitative estimate of drug-likeness (QED) is 0.797. The summed E-state index contributed by atoms with van der Waals surface area (Å²) < 4.78 is 5.12. The number of carbonyl (C=O) groups is 1. The fourth-order valence-corrected chi connectivity index (χ4v) is 1.10. The molecule has 0 radical (unpaired) electrons. The monoisotopic (exact) mass is 222 g/mol. The second-order valence-corrected chi connectivity index (χ2v) is 4.95. The average molecular weight is 222 g/mol. The van der Waals surface area contributed by atoms with Gasteiger partial charge in [-0.15, -0.1) is 0 Å². The first-order valence-electron chi connectivity index (χ1n) is 5.26. The molecule has 0 aliphatic rings. The minimum atomic E-state index is -0.371. The van der Waals surface area contributed by atoms with E-state index in [1.165, 1.54) is 12.4 Å². The molecular weight excluding hydrogens is 204 g/mol. The minimum absolute atomic E-state index is 0.161. The van der Waals surface area contributed by atoms with E-state index in [9.17, 15) is 4.79 Å². The predicted octanol–water partition coefficient (Wildman–Crippen LogP) is 2.26. The molecule has 1 heterocycles. The summed E-state index contributed by atoms with van der Waals surface area (Å²) in [6, 6.07) is 1.56. The summed E-state index contributed by atoms with van der Waals surface area (Å²) in [5.41, 5.74) is 6.55. The second kappa shape index (κ2) is 4.96. The van der Waals surface area contributed by atoms with Gasteiger partial charge in [0.25, 0.3) is 0 Å². The van der Waals surface area contributed by atoms with E-state index in [2.05, 4.69) is 25.8 Å². The van der Waals surface area contributed by atoms with Crippen molar-refractivity contribution < 1.29 is 9.53 Å². The van der Waals surface area contributed by atoms with Gasteiger partial charge in [-0.05, 0) is 17.9 Å². The molecule has 0 aliphatic carbocycles. The lowest BCUT2D eigenvalue weighted by Crippen LogP contribution is -2.13. The maximum Gasteiger partial charge on any atom is 0.339 e. The number of pyridine rings is 1. The average Bonchev–Trinajstić information content (AvgIpc) is 2.15. The number of aromatic nitrogens is 1. The van der Waals surface area contributed by atoms with Crippen molar-refractivity contribution in [1.82, 2.24) is 4.98 Å². The SMILES string of the molecule is CC(C)(C)CCOC(=O)c1cncc(N)c1. The van der Waals surface area contributed by atoms with Crippen LogP contribution in [0.25, 0.3) is 0 Å². The summed E-state index contributed by atoms with van der Waals surface area (Å²) in [6.07, 6.45) is 3.77. The van der Waals surface area contributed by atoms with Gasteiger partial charge >= 0.3 is 5.97 Å². The van der Waals surface area contributed by atoms with E-state index in [1.807, 2.05) is 0 Å². The van der Waals surface area contributed by atoms with Crippen molar-refractivity contribution in [3.8, 4) is 0 Å². The van der Waals surface area contributed by atoms with Gasteiger partial charge in [0.15, 0.2) is 0 Å². The Morgan fingerprint density at radius 2 is 2.12 bits per heavy atom. The van der Waals surface area contributed by atoms with Gasteiger partial charge in [-0.1, -0.05) is 20.8 Å². The molecule has 0 amide bonds. The van der Waals surface area contributed by atoms with E-state index in [0.717, 1.165) is 6.42 Å². The van der Waals surface area contributed by atoms with Crippen molar-refractivity contribution in [1.29, 1.82) is 0 Å². The first kappa shape index (κ1) is 12.5. The Balaban J connectivity index is 2.47. The highest BCUT2D eigenvalue weighted by molar-refractivity contribution is 5.89. The van der Waals surface area contributed by atoms with Gasteiger partial charge in [0, 0.05) is 12.4 Å². The van der Waals surface area contributed by atoms with Crippen LogP contribution < -0.4 is 5.73 Å². The van der Waals surface area contributed by atoms with Crippen LogP contribution in [0.2, 0.25) is 0 Å². The lowest BCUT2D eigenvalue weighted by molar-refractivity contribution is 0.0464. The van der Waals surface area contributed by atoms with Gasteiger partial charge in [0.2, 0.25) is 0 Å². The molecule has 1 rings (SSSR count). The third-order valence-electron chi connectivity index (χ3n) is 2.08. The highest BCUT2D eigenvalue weighted by Crippen LogP contribution is 2.18. The van der Waals surface area contributed by atoms with Crippen molar-refractivity contribution in [2.75, 3.05) is 12.3 Å². The van der Waals surface area contributed by atoms with Crippen molar-refractivity contribution >= 4 is 11.7 Å². The normalized spacial score (nSPS) is 11.2. The Morgan fingerprint density at radius 1 is 1.44 bits per heavy atom. The molecular formula is C12H18N2O2. The second-order valence-electron chi connectivity index (χ2n) is 4.95. The highest BCUT2D eigenvalue weighted by atomic mass is 16.5. The maximum atomic E-state index is 11.6. The zero-order chi connectivity index (χ0) is 12.2. The van der Waals surface area contributed by atoms with Crippen LogP contribution in [0, 0.1) is 5.41 Å². The maximum absolute atomic E-state index is 11.6. The van der Waals surface area contributed by atoms with Crippen LogP contribution >= 0.6 is 0 Å². The van der Waals surface area contributed by atoms with Crippen molar-refractivity contribution in [2.24, 2.45) is 5.41 Å². The Bertz CT molecular complexity index is 370. The molecule has 0 saturated carbocycles. The van der Waals surface area contributed by atoms with Crippen LogP contribution in [0.5, 0.6) is 0 Å². The van der Waals surface area contributed by atoms with E-state index in [4.69, 9.17) is 10.5 Å². The summed E-state index contributed by atoms with van der Waals surface area (Å²) >= 11 is 0. The fraction of sp³-hybridized carbons (Fsp3) is 0.500. The number of anilines is 1. The summed E-state index contributed by atoms with van der Waals surface area (Å²) in [4.78, 5) is 15.4. The summed E-state index contributed by atoms with van der Waals surface area (Å²) in [5, 5.41) is 0. The Labute approximate surface area is 95.8 Å². The lowest BCUT2D eigenvalue weighted by atomic mass is 9.93. The van der Waals surface area contributed by atoms with Crippen molar-refractivity contribution in [2.45, 2.75) is 27.2 Å². The topological polar surface area (TPSA) is 65.2 Å². The van der Waals surface area contributed by atoms with Crippen LogP contribution in [0.4, 0.5) is 5.69 Å². The van der Waals surface area contributed by atoms with Crippen LogP contribution in [0.1, 0.15) is 37.6 Å². The third kappa shape index (κ3) is 4.29. The molecule has 0 aromatic carbocycles. The van der Waals surface area contributed by atoms with Crippen molar-refractivity contribution in [3.63, 3.8) is 0 Å². The number of nitrogens with two attached hydrogens (primary N) is 1. The first-order chi connectivity index (χ1) is 7.38. The Morgan fingerprint density at radius 3 is 2.69 bits per heavy atom. The zero-order valence-corrected chi connectivity index (χ0v) is 9.99. The van der Waals surface area contributed by atoms with E-state index < -0.39 is 0 Å². The zero-order valence-electron chi connectivity index (χ0n) is 9.99. The van der Waals surface area contributed by atoms with Gasteiger partial charge in [0.05, 0.1) is 17.9 Å². The molecule has 0 unspecified atom stereocenters. The smallest absolute Gasteiger partial charge is 0.339 e. The van der Waals surface area contributed by atoms with Crippen LogP contribution in [0.3, 0.4) is 0 Å². The number of esters is 1. The van der Waals surface area contributed by atoms with E-state index >= 15 is 0 Å². The summed E-state index contributed by atoms with van der Waals surface area (Å²) in [5.74, 6) is -0.371. The van der Waals surface area contributed by atoms with Crippen molar-refractivity contribution in [3.05, 3.63) is 24.0 Å². The molecule has 0 atom stereocenters. The molecule has 0 saturated heterocycles. The molecule has 16 heavy (non-hydrogen) atoms. The first-order valence-corrected chi connectivity index (χ1v) is 5.26. The molecule has 4 heteroatoms. The van der Waals surface area contributed by atoms with E-state index in [-0.39, 0.29) is 11.4 Å². The molecule has 88 valence electrons. The number of carbonyl (C=O) groups excluding carboxylic acids is 1. The fourth-order valence-electron chi connectivity index (χ4n) is 1.10. The lowest BCUT2D eigenvalue weighted by Gasteiger charge is -2.17. The van der Waals surface area contributed by atoms with Crippen LogP contribution in [0.15, 0.2) is 18.5 Å². The number of nitrogen functional groups attached to an aromatic ring is 1. The van der Waals surface area contributed by atoms with Crippen LogP contribution in [-0.2, 0) is 4.74 Å².